The van der Waals surface area contributed by atoms with Crippen molar-refractivity contribution in [3.8, 4) is 0 Å². The molecule has 37 heavy (non-hydrogen) atoms. The van der Waals surface area contributed by atoms with Crippen LogP contribution in [0.3, 0.4) is 0 Å². The topological polar surface area (TPSA) is 46.2 Å². The van der Waals surface area contributed by atoms with Gasteiger partial charge in [-0.2, -0.15) is 74.6 Å². The zero-order chi connectivity index (χ0) is 30.2. The van der Waals surface area contributed by atoms with Gasteiger partial charge in [-0.1, -0.05) is 6.08 Å². The van der Waals surface area contributed by atoms with Crippen molar-refractivity contribution in [1.29, 1.82) is 0 Å². The lowest BCUT2D eigenvalue weighted by molar-refractivity contribution is -0.548. The van der Waals surface area contributed by atoms with Crippen LogP contribution in [0.5, 0.6) is 0 Å². The summed E-state index contributed by atoms with van der Waals surface area (Å²) in [6.07, 6.45) is -39.2. The first-order valence-electron chi connectivity index (χ1n) is 8.50. The highest BCUT2D eigenvalue weighted by Crippen LogP contribution is 2.56. The van der Waals surface area contributed by atoms with Crippen molar-refractivity contribution in [3.63, 3.8) is 0 Å². The molecule has 222 valence electrons. The molecule has 0 radical (unpaired) electrons. The molecule has 0 fully saturated rings. The maximum absolute atomic E-state index is 14.3. The van der Waals surface area contributed by atoms with Gasteiger partial charge in [-0.3, -0.25) is 9.47 Å². The van der Waals surface area contributed by atoms with Crippen LogP contribution in [0.2, 0.25) is 6.04 Å². The second-order valence-corrected chi connectivity index (χ2v) is 9.45. The van der Waals surface area contributed by atoms with E-state index < -0.39 is 69.3 Å². The molecular weight excluding hydrogens is 599 g/mol. The first-order valence-corrected chi connectivity index (χ1v) is 10.4. The standard InChI is InChI=1S/C14H13F17O5Si/c1-32-37(33-2,34-3)6-4-5-7(15,10(19,20)21)35-14(30,31)9(18,12(25,26)27)36-13(28,29)8(16,17)11(22,23)24/h4-5H,6H2,1-3H3/b5-4+. The van der Waals surface area contributed by atoms with Gasteiger partial charge in [-0.15, -0.1) is 0 Å². The number of hydrogen-bond donors (Lipinski definition) is 0. The van der Waals surface area contributed by atoms with Crippen molar-refractivity contribution in [1.82, 2.24) is 0 Å². The third-order valence-corrected chi connectivity index (χ3v) is 6.63. The van der Waals surface area contributed by atoms with E-state index in [1.54, 1.807) is 0 Å². The summed E-state index contributed by atoms with van der Waals surface area (Å²) < 4.78 is 240. The molecule has 0 aliphatic rings. The first kappa shape index (κ1) is 35.6. The minimum absolute atomic E-state index is 0.160. The molecule has 23 heteroatoms. The Bertz CT molecular complexity index is 782. The minimum Gasteiger partial charge on any atom is -0.377 e. The number of allylic oxidation sites excluding steroid dienone is 1. The van der Waals surface area contributed by atoms with Gasteiger partial charge in [0.25, 0.3) is 0 Å². The predicted octanol–water partition coefficient (Wildman–Crippen LogP) is 6.29. The van der Waals surface area contributed by atoms with Crippen molar-refractivity contribution < 1.29 is 97.4 Å². The van der Waals surface area contributed by atoms with Gasteiger partial charge in [0, 0.05) is 27.4 Å². The summed E-state index contributed by atoms with van der Waals surface area (Å²) in [6.45, 7) is 0. The van der Waals surface area contributed by atoms with E-state index in [9.17, 15) is 74.6 Å². The van der Waals surface area contributed by atoms with E-state index >= 15 is 0 Å². The molecule has 0 amide bonds. The van der Waals surface area contributed by atoms with E-state index in [1.165, 1.54) is 4.74 Å². The largest absolute Gasteiger partial charge is 0.504 e. The van der Waals surface area contributed by atoms with Gasteiger partial charge >= 0.3 is 57.2 Å². The zero-order valence-electron chi connectivity index (χ0n) is 17.8. The average molecular weight is 612 g/mol. The summed E-state index contributed by atoms with van der Waals surface area (Å²) in [5, 5.41) is 0. The average Bonchev–Trinajstić information content (AvgIpc) is 2.68. The van der Waals surface area contributed by atoms with E-state index in [0.717, 1.165) is 21.3 Å². The van der Waals surface area contributed by atoms with E-state index in [1.807, 2.05) is 0 Å². The van der Waals surface area contributed by atoms with Crippen LogP contribution >= 0.6 is 0 Å². The third kappa shape index (κ3) is 6.96. The third-order valence-electron chi connectivity index (χ3n) is 4.03. The maximum Gasteiger partial charge on any atom is 0.504 e. The molecule has 0 bridgehead atoms. The van der Waals surface area contributed by atoms with E-state index in [2.05, 4.69) is 18.0 Å². The Morgan fingerprint density at radius 1 is 0.541 bits per heavy atom. The van der Waals surface area contributed by atoms with Gasteiger partial charge in [0.1, 0.15) is 0 Å². The second-order valence-electron chi connectivity index (χ2n) is 6.45. The van der Waals surface area contributed by atoms with Crippen LogP contribution in [-0.2, 0) is 22.8 Å². The van der Waals surface area contributed by atoms with Gasteiger partial charge in [-0.25, -0.2) is 0 Å². The number of alkyl halides is 17. The molecule has 0 saturated carbocycles. The Labute approximate surface area is 195 Å². The van der Waals surface area contributed by atoms with Crippen molar-refractivity contribution in [2.24, 2.45) is 0 Å². The highest BCUT2D eigenvalue weighted by molar-refractivity contribution is 6.61. The molecule has 0 aromatic heterocycles. The fourth-order valence-electron chi connectivity index (χ4n) is 1.98. The Morgan fingerprint density at radius 2 is 0.946 bits per heavy atom. The first-order chi connectivity index (χ1) is 16.1. The maximum atomic E-state index is 14.3. The fraction of sp³-hybridized carbons (Fsp3) is 0.857. The second kappa shape index (κ2) is 10.6. The Kier molecular flexibility index (Phi) is 10.2. The van der Waals surface area contributed by atoms with Crippen LogP contribution in [0.4, 0.5) is 74.6 Å². The lowest BCUT2D eigenvalue weighted by atomic mass is 10.2. The zero-order valence-corrected chi connectivity index (χ0v) is 18.8. The van der Waals surface area contributed by atoms with Crippen LogP contribution < -0.4 is 0 Å². The summed E-state index contributed by atoms with van der Waals surface area (Å²) >= 11 is 0. The molecule has 0 aromatic rings. The van der Waals surface area contributed by atoms with Crippen molar-refractivity contribution in [2.75, 3.05) is 21.3 Å². The van der Waals surface area contributed by atoms with Gasteiger partial charge in [0.2, 0.25) is 0 Å². The lowest BCUT2D eigenvalue weighted by Crippen LogP contribution is -2.67. The Morgan fingerprint density at radius 3 is 1.24 bits per heavy atom. The molecular formula is C14H13F17O5Si. The molecule has 0 rings (SSSR count). The molecule has 0 spiro atoms. The summed E-state index contributed by atoms with van der Waals surface area (Å²) in [5.41, 5.74) is 0. The summed E-state index contributed by atoms with van der Waals surface area (Å²) in [4.78, 5) is 0. The molecule has 0 aliphatic carbocycles. The van der Waals surface area contributed by atoms with Crippen molar-refractivity contribution in [2.45, 2.75) is 54.4 Å². The van der Waals surface area contributed by atoms with E-state index in [0.29, 0.717) is 0 Å². The molecule has 0 N–H and O–H groups in total. The molecule has 2 unspecified atom stereocenters. The van der Waals surface area contributed by atoms with Gasteiger partial charge in [0.05, 0.1) is 0 Å². The molecule has 0 aliphatic heterocycles. The predicted molar refractivity (Wildman–Crippen MR) is 83.6 cm³/mol. The smallest absolute Gasteiger partial charge is 0.377 e. The van der Waals surface area contributed by atoms with Gasteiger partial charge in [0.15, 0.2) is 0 Å². The normalized spacial score (nSPS) is 18.7. The van der Waals surface area contributed by atoms with Crippen LogP contribution in [0.1, 0.15) is 0 Å². The summed E-state index contributed by atoms with van der Waals surface area (Å²) in [7, 11) is -1.55. The summed E-state index contributed by atoms with van der Waals surface area (Å²) in [5.74, 6) is -22.0. The highest BCUT2D eigenvalue weighted by atomic mass is 28.4. The molecule has 0 aromatic carbocycles. The number of hydrogen-bond acceptors (Lipinski definition) is 5. The molecule has 0 heterocycles. The van der Waals surface area contributed by atoms with E-state index in [-0.39, 0.29) is 6.08 Å². The number of rotatable bonds is 12. The monoisotopic (exact) mass is 612 g/mol. The quantitative estimate of drug-likeness (QED) is 0.147. The Balaban J connectivity index is 6.69. The summed E-state index contributed by atoms with van der Waals surface area (Å²) in [6, 6.07) is -1.08. The van der Waals surface area contributed by atoms with Crippen molar-refractivity contribution >= 4 is 8.80 Å². The Hall–Kier alpha value is -1.43. The SMILES string of the molecule is CO[Si](C/C=C/C(F)(OC(F)(F)C(F)(OC(F)(F)C(F)(F)C(F)(F)F)C(F)(F)F)C(F)(F)F)(OC)OC. The van der Waals surface area contributed by atoms with Crippen molar-refractivity contribution in [3.05, 3.63) is 12.2 Å². The molecule has 5 nitrogen and oxygen atoms in total. The van der Waals surface area contributed by atoms with Gasteiger partial charge < -0.3 is 13.3 Å². The van der Waals surface area contributed by atoms with Crippen LogP contribution in [0, 0.1) is 0 Å². The fourth-order valence-corrected chi connectivity index (χ4v) is 3.39. The highest BCUT2D eigenvalue weighted by Gasteiger charge is 2.84. The lowest BCUT2D eigenvalue weighted by Gasteiger charge is -2.40. The van der Waals surface area contributed by atoms with Gasteiger partial charge in [-0.05, 0) is 6.08 Å². The number of ether oxygens (including phenoxy) is 2. The van der Waals surface area contributed by atoms with Crippen LogP contribution in [0.15, 0.2) is 12.2 Å². The number of halogens is 17. The van der Waals surface area contributed by atoms with Crippen LogP contribution in [0.25, 0.3) is 0 Å². The van der Waals surface area contributed by atoms with E-state index in [4.69, 9.17) is 0 Å². The van der Waals surface area contributed by atoms with Crippen LogP contribution in [-0.4, -0.2) is 78.5 Å². The molecule has 0 saturated heterocycles. The molecule has 2 atom stereocenters. The minimum atomic E-state index is -7.93.